The number of hydrogen-bond donors (Lipinski definition) is 2. The van der Waals surface area contributed by atoms with Crippen molar-refractivity contribution in [3.05, 3.63) is 29.8 Å². The van der Waals surface area contributed by atoms with E-state index in [0.29, 0.717) is 18.5 Å². The lowest BCUT2D eigenvalue weighted by Gasteiger charge is -2.10. The molecule has 0 saturated carbocycles. The maximum absolute atomic E-state index is 12.1. The number of nitrogens with one attached hydrogen (secondary N) is 1. The van der Waals surface area contributed by atoms with E-state index < -0.39 is 6.61 Å². The summed E-state index contributed by atoms with van der Waals surface area (Å²) in [4.78, 5) is 11.5. The van der Waals surface area contributed by atoms with Crippen molar-refractivity contribution in [1.82, 2.24) is 5.32 Å². The van der Waals surface area contributed by atoms with Crippen molar-refractivity contribution in [3.63, 3.8) is 0 Å². The molecule has 0 aliphatic rings. The average molecular weight is 259 g/mol. The van der Waals surface area contributed by atoms with Gasteiger partial charge in [-0.2, -0.15) is 8.78 Å². The summed E-state index contributed by atoms with van der Waals surface area (Å²) < 4.78 is 28.6. The van der Waals surface area contributed by atoms with Gasteiger partial charge in [-0.3, -0.25) is 4.79 Å². The second-order valence-electron chi connectivity index (χ2n) is 3.59. The van der Waals surface area contributed by atoms with E-state index in [-0.39, 0.29) is 24.7 Å². The predicted molar refractivity (Wildman–Crippen MR) is 61.5 cm³/mol. The molecule has 0 radical (unpaired) electrons. The highest BCUT2D eigenvalue weighted by Gasteiger charge is 2.11. The molecular formula is C12H15F2NO3. The van der Waals surface area contributed by atoms with Crippen LogP contribution in [-0.2, 0) is 11.2 Å². The lowest BCUT2D eigenvalue weighted by Crippen LogP contribution is -2.26. The molecule has 0 bridgehead atoms. The van der Waals surface area contributed by atoms with Crippen molar-refractivity contribution in [2.75, 3.05) is 13.2 Å². The summed E-state index contributed by atoms with van der Waals surface area (Å²) in [7, 11) is 0. The molecular weight excluding hydrogens is 244 g/mol. The average Bonchev–Trinajstić information content (AvgIpc) is 2.31. The fraction of sp³-hybridized carbons (Fsp3) is 0.417. The Bertz CT molecular complexity index is 385. The van der Waals surface area contributed by atoms with E-state index in [1.807, 2.05) is 0 Å². The molecule has 0 aromatic heterocycles. The van der Waals surface area contributed by atoms with Crippen LogP contribution in [0.4, 0.5) is 8.78 Å². The van der Waals surface area contributed by atoms with E-state index in [9.17, 15) is 13.6 Å². The van der Waals surface area contributed by atoms with Gasteiger partial charge in [-0.15, -0.1) is 0 Å². The van der Waals surface area contributed by atoms with Crippen molar-refractivity contribution in [2.45, 2.75) is 19.5 Å². The Morgan fingerprint density at radius 2 is 2.11 bits per heavy atom. The number of carbonyl (C=O) groups excluding carboxylic acids is 1. The van der Waals surface area contributed by atoms with Gasteiger partial charge in [0.15, 0.2) is 0 Å². The van der Waals surface area contributed by atoms with Crippen molar-refractivity contribution < 1.29 is 23.4 Å². The molecule has 18 heavy (non-hydrogen) atoms. The topological polar surface area (TPSA) is 58.6 Å². The summed E-state index contributed by atoms with van der Waals surface area (Å²) in [5.41, 5.74) is 0.402. The molecule has 0 unspecified atom stereocenters. The Balaban J connectivity index is 2.57. The highest BCUT2D eigenvalue weighted by atomic mass is 19.3. The molecule has 1 aromatic carbocycles. The van der Waals surface area contributed by atoms with Crippen molar-refractivity contribution in [1.29, 1.82) is 0 Å². The van der Waals surface area contributed by atoms with E-state index in [4.69, 9.17) is 5.11 Å². The standard InChI is InChI=1S/C12H15F2NO3/c13-12(14)18-10-5-2-1-4-9(10)8-11(17)15-6-3-7-16/h1-2,4-5,12,16H,3,6-8H2,(H,15,17). The van der Waals surface area contributed by atoms with Crippen LogP contribution in [0.5, 0.6) is 5.75 Å². The van der Waals surface area contributed by atoms with Crippen LogP contribution in [0.1, 0.15) is 12.0 Å². The molecule has 1 rings (SSSR count). The number of benzene rings is 1. The van der Waals surface area contributed by atoms with Gasteiger partial charge >= 0.3 is 6.61 Å². The third-order valence-electron chi connectivity index (χ3n) is 2.20. The molecule has 0 saturated heterocycles. The highest BCUT2D eigenvalue weighted by Crippen LogP contribution is 2.20. The highest BCUT2D eigenvalue weighted by molar-refractivity contribution is 5.79. The molecule has 0 fully saturated rings. The zero-order valence-corrected chi connectivity index (χ0v) is 9.73. The van der Waals surface area contributed by atoms with Crippen molar-refractivity contribution >= 4 is 5.91 Å². The van der Waals surface area contributed by atoms with Crippen LogP contribution < -0.4 is 10.1 Å². The number of hydrogen-bond acceptors (Lipinski definition) is 3. The molecule has 6 heteroatoms. The largest absolute Gasteiger partial charge is 0.435 e. The van der Waals surface area contributed by atoms with Crippen LogP contribution in [-0.4, -0.2) is 30.8 Å². The third-order valence-corrected chi connectivity index (χ3v) is 2.20. The first-order chi connectivity index (χ1) is 8.63. The van der Waals surface area contributed by atoms with E-state index in [1.165, 1.54) is 6.07 Å². The summed E-state index contributed by atoms with van der Waals surface area (Å²) in [6, 6.07) is 6.16. The summed E-state index contributed by atoms with van der Waals surface area (Å²) >= 11 is 0. The number of para-hydroxylation sites is 1. The third kappa shape index (κ3) is 5.09. The number of rotatable bonds is 7. The first-order valence-electron chi connectivity index (χ1n) is 5.53. The minimum atomic E-state index is -2.91. The lowest BCUT2D eigenvalue weighted by molar-refractivity contribution is -0.120. The molecule has 0 aliphatic heterocycles. The van der Waals surface area contributed by atoms with Gasteiger partial charge in [0.05, 0.1) is 6.42 Å². The first-order valence-corrected chi connectivity index (χ1v) is 5.53. The van der Waals surface area contributed by atoms with Crippen LogP contribution in [0, 0.1) is 0 Å². The quantitative estimate of drug-likeness (QED) is 0.726. The Morgan fingerprint density at radius 1 is 1.39 bits per heavy atom. The van der Waals surface area contributed by atoms with Gasteiger partial charge in [0.1, 0.15) is 5.75 Å². The number of alkyl halides is 2. The number of aliphatic hydroxyl groups excluding tert-OH is 1. The van der Waals surface area contributed by atoms with Crippen LogP contribution in [0.15, 0.2) is 24.3 Å². The molecule has 4 nitrogen and oxygen atoms in total. The zero-order valence-electron chi connectivity index (χ0n) is 9.73. The van der Waals surface area contributed by atoms with Crippen LogP contribution in [0.25, 0.3) is 0 Å². The number of carbonyl (C=O) groups is 1. The SMILES string of the molecule is O=C(Cc1ccccc1OC(F)F)NCCCO. The second-order valence-corrected chi connectivity index (χ2v) is 3.59. The van der Waals surface area contributed by atoms with Gasteiger partial charge in [0.2, 0.25) is 5.91 Å². The van der Waals surface area contributed by atoms with Crippen LogP contribution in [0.2, 0.25) is 0 Å². The van der Waals surface area contributed by atoms with E-state index in [1.54, 1.807) is 18.2 Å². The molecule has 1 aromatic rings. The Kier molecular flexibility index (Phi) is 6.07. The summed E-state index contributed by atoms with van der Waals surface area (Å²) in [5, 5.41) is 11.1. The summed E-state index contributed by atoms with van der Waals surface area (Å²) in [5.74, 6) is -0.293. The fourth-order valence-electron chi connectivity index (χ4n) is 1.40. The number of halogens is 2. The van der Waals surface area contributed by atoms with E-state index >= 15 is 0 Å². The van der Waals surface area contributed by atoms with E-state index in [2.05, 4.69) is 10.1 Å². The number of amides is 1. The second kappa shape index (κ2) is 7.60. The molecule has 1 amide bonds. The Labute approximate surface area is 104 Å². The molecule has 2 N–H and O–H groups in total. The van der Waals surface area contributed by atoms with Gasteiger partial charge in [-0.25, -0.2) is 0 Å². The maximum Gasteiger partial charge on any atom is 0.387 e. The molecule has 100 valence electrons. The van der Waals surface area contributed by atoms with Crippen LogP contribution >= 0.6 is 0 Å². The minimum Gasteiger partial charge on any atom is -0.435 e. The minimum absolute atomic E-state index is 0.00445. The Hall–Kier alpha value is -1.69. The molecule has 0 spiro atoms. The summed E-state index contributed by atoms with van der Waals surface area (Å²) in [6.45, 7) is -2.57. The van der Waals surface area contributed by atoms with Gasteiger partial charge in [0.25, 0.3) is 0 Å². The molecule has 0 aliphatic carbocycles. The van der Waals surface area contributed by atoms with Gasteiger partial charge < -0.3 is 15.2 Å². The predicted octanol–water partition coefficient (Wildman–Crippen LogP) is 1.33. The normalized spacial score (nSPS) is 10.4. The fourth-order valence-corrected chi connectivity index (χ4v) is 1.40. The van der Waals surface area contributed by atoms with Gasteiger partial charge in [0, 0.05) is 18.7 Å². The molecule has 0 heterocycles. The lowest BCUT2D eigenvalue weighted by atomic mass is 10.1. The summed E-state index contributed by atoms with van der Waals surface area (Å²) in [6.07, 6.45) is 0.426. The number of aliphatic hydroxyl groups is 1. The van der Waals surface area contributed by atoms with Gasteiger partial charge in [-0.05, 0) is 12.5 Å². The Morgan fingerprint density at radius 3 is 2.78 bits per heavy atom. The van der Waals surface area contributed by atoms with Crippen LogP contribution in [0.3, 0.4) is 0 Å². The van der Waals surface area contributed by atoms with Crippen molar-refractivity contribution in [2.24, 2.45) is 0 Å². The smallest absolute Gasteiger partial charge is 0.387 e. The first kappa shape index (κ1) is 14.4. The monoisotopic (exact) mass is 259 g/mol. The molecule has 0 atom stereocenters. The van der Waals surface area contributed by atoms with Gasteiger partial charge in [-0.1, -0.05) is 18.2 Å². The maximum atomic E-state index is 12.1. The van der Waals surface area contributed by atoms with Crippen molar-refractivity contribution in [3.8, 4) is 5.75 Å². The number of ether oxygens (including phenoxy) is 1. The van der Waals surface area contributed by atoms with E-state index in [0.717, 1.165) is 0 Å². The zero-order chi connectivity index (χ0) is 13.4.